The average Bonchev–Trinajstić information content (AvgIpc) is 1.53. The Morgan fingerprint density at radius 1 is 0.289 bits per heavy atom. The summed E-state index contributed by atoms with van der Waals surface area (Å²) in [4.78, 5) is 74.6. The number of carbonyl (C=O) groups excluding carboxylic acids is 6. The van der Waals surface area contributed by atoms with Gasteiger partial charge in [-0.3, -0.25) is 28.8 Å². The molecule has 0 spiro atoms. The van der Waals surface area contributed by atoms with Crippen LogP contribution in [0.1, 0.15) is 486 Å². The fourth-order valence-corrected chi connectivity index (χ4v) is 23.4. The molecule has 0 radical (unpaired) electrons. The van der Waals surface area contributed by atoms with Gasteiger partial charge in [-0.1, -0.05) is 209 Å². The Labute approximate surface area is 753 Å². The summed E-state index contributed by atoms with van der Waals surface area (Å²) in [6, 6.07) is 0. The lowest BCUT2D eigenvalue weighted by Crippen LogP contribution is -2.63. The van der Waals surface area contributed by atoms with Crippen LogP contribution in [-0.2, 0) is 57.2 Å². The highest BCUT2D eigenvalue weighted by atomic mass is 16.6. The van der Waals surface area contributed by atoms with E-state index in [0.717, 1.165) is 143 Å². The third kappa shape index (κ3) is 26.3. The molecule has 0 amide bonds. The molecule has 12 nitrogen and oxygen atoms in total. The minimum absolute atomic E-state index is 0. The van der Waals surface area contributed by atoms with E-state index in [9.17, 15) is 28.8 Å². The maximum atomic E-state index is 12.9. The van der Waals surface area contributed by atoms with Gasteiger partial charge in [0.25, 0.3) is 0 Å². The molecule has 13 fully saturated rings. The summed E-state index contributed by atoms with van der Waals surface area (Å²) in [6.45, 7) is 64.6. The largest absolute Gasteiger partial charge is 0.459 e. The van der Waals surface area contributed by atoms with E-state index in [1.54, 1.807) is 0 Å². The van der Waals surface area contributed by atoms with Crippen molar-refractivity contribution in [2.45, 2.75) is 520 Å². The molecule has 121 heavy (non-hydrogen) atoms. The van der Waals surface area contributed by atoms with Gasteiger partial charge in [0.05, 0.1) is 32.5 Å². The Balaban J connectivity index is 0. The summed E-state index contributed by atoms with van der Waals surface area (Å²) in [6.07, 6.45) is 39.0. The average molecular weight is 1710 g/mol. The van der Waals surface area contributed by atoms with Crippen molar-refractivity contribution in [3.8, 4) is 0 Å². The summed E-state index contributed by atoms with van der Waals surface area (Å²) in [5.41, 5.74) is -3.33. The van der Waals surface area contributed by atoms with Crippen molar-refractivity contribution in [1.82, 2.24) is 0 Å². The Morgan fingerprint density at radius 3 is 1.05 bits per heavy atom. The van der Waals surface area contributed by atoms with E-state index in [2.05, 4.69) is 96.9 Å². The first-order chi connectivity index (χ1) is 52.3. The van der Waals surface area contributed by atoms with Gasteiger partial charge in [0, 0.05) is 5.92 Å². The zero-order valence-electron chi connectivity index (χ0n) is 79.2. The molecule has 0 aromatic heterocycles. The normalized spacial score (nSPS) is 31.5. The van der Waals surface area contributed by atoms with Gasteiger partial charge < -0.3 is 28.4 Å². The first-order valence-electron chi connectivity index (χ1n) is 47.7. The first kappa shape index (κ1) is 120. The van der Waals surface area contributed by atoms with Gasteiger partial charge in [0.15, 0.2) is 0 Å². The second-order valence-electron chi connectivity index (χ2n) is 45.8. The van der Waals surface area contributed by atoms with Gasteiger partial charge >= 0.3 is 35.8 Å². The van der Waals surface area contributed by atoms with Crippen LogP contribution in [0.5, 0.6) is 0 Å². The summed E-state index contributed by atoms with van der Waals surface area (Å²) in [5.74, 6) is 13.5. The second-order valence-corrected chi connectivity index (χ2v) is 45.8. The van der Waals surface area contributed by atoms with Gasteiger partial charge in [0.1, 0.15) is 33.6 Å². The minimum atomic E-state index is -0.356. The Morgan fingerprint density at radius 2 is 0.669 bits per heavy atom. The Hall–Kier alpha value is -3.18. The molecule has 13 rings (SSSR count). The second kappa shape index (κ2) is 46.9. The molecule has 0 aromatic carbocycles. The van der Waals surface area contributed by atoms with Gasteiger partial charge in [-0.2, -0.15) is 0 Å². The highest BCUT2D eigenvalue weighted by molar-refractivity contribution is 5.79. The highest BCUT2D eigenvalue weighted by Gasteiger charge is 2.70. The standard InChI is InChI=1S/C21H34O2.C19H32O2.C19H34O2.C16H28O2.C15H28O2.C11H22O2.8CH4/c1-6-20(4,5)19(22)23-21(12(2)3)11-15-10-16(21)18-14-8-7-13(9-14)17(15)18;1-6-18(4,5)17(20)21-19(12(2)3)15-8-13-7-14(10-15)11-16(19)9-13;1-6-18(4,5)17(20)21-19(14(2)3)12-11-15-9-7-8-10-16(15)13-19;1-6-15(4,5)14(17)18-16(11(2)3)10-12-7-8-13(16)9-12;1-6-14(4,5)13(16)17-15(12(2)3)10-8-7-9-11-15;1-7-10(3,4)9(12)13-11(5,6)8-2;;;;;;;;/h12-18H,6-11H2,1-5H3;12-16H,6-11H2,1-5H3;14-16H,6-13H2,1-5H3;11-13H,6-10H2,1-5H3;12H,6-11H2,1-5H3;7-8H2,1-6H3;8*1H4. The zero-order valence-corrected chi connectivity index (χ0v) is 79.2. The molecule has 0 aromatic rings. The molecule has 13 saturated carbocycles. The number of rotatable bonds is 24. The lowest BCUT2D eigenvalue weighted by atomic mass is 9.47. The zero-order chi connectivity index (χ0) is 85.0. The first-order valence-corrected chi connectivity index (χ1v) is 47.7. The molecule has 0 N–H and O–H groups in total. The molecule has 12 heteroatoms. The number of carbonyl (C=O) groups is 6. The van der Waals surface area contributed by atoms with Gasteiger partial charge in [-0.25, -0.2) is 0 Å². The number of ether oxygens (including phenoxy) is 6. The molecule has 13 unspecified atom stereocenters. The highest BCUT2D eigenvalue weighted by Crippen LogP contribution is 2.72. The molecule has 13 aliphatic carbocycles. The van der Waals surface area contributed by atoms with Gasteiger partial charge in [-0.05, 0) is 383 Å². The van der Waals surface area contributed by atoms with Crippen molar-refractivity contribution < 1.29 is 57.2 Å². The van der Waals surface area contributed by atoms with E-state index in [-0.39, 0.29) is 161 Å². The smallest absolute Gasteiger partial charge is 0.312 e. The Bertz CT molecular complexity index is 3080. The van der Waals surface area contributed by atoms with Gasteiger partial charge in [0.2, 0.25) is 0 Å². The monoisotopic (exact) mass is 1710 g/mol. The summed E-state index contributed by atoms with van der Waals surface area (Å²) in [7, 11) is 0. The fourth-order valence-electron chi connectivity index (χ4n) is 23.4. The summed E-state index contributed by atoms with van der Waals surface area (Å²) >= 11 is 0. The fraction of sp³-hybridized carbons (Fsp3) is 0.945. The van der Waals surface area contributed by atoms with Crippen LogP contribution in [0.2, 0.25) is 0 Å². The van der Waals surface area contributed by atoms with Crippen LogP contribution >= 0.6 is 0 Å². The van der Waals surface area contributed by atoms with Gasteiger partial charge in [-0.15, -0.1) is 0 Å². The van der Waals surface area contributed by atoms with Crippen molar-refractivity contribution in [3.05, 3.63) is 0 Å². The molecule has 13 atom stereocenters. The molecule has 0 heterocycles. The van der Waals surface area contributed by atoms with Crippen molar-refractivity contribution in [2.75, 3.05) is 0 Å². The van der Waals surface area contributed by atoms with E-state index < -0.39 is 0 Å². The third-order valence-corrected chi connectivity index (χ3v) is 34.6. The number of esters is 6. The Kier molecular flexibility index (Phi) is 46.4. The molecule has 0 saturated heterocycles. The molecule has 10 bridgehead atoms. The van der Waals surface area contributed by atoms with E-state index in [1.807, 2.05) is 118 Å². The third-order valence-electron chi connectivity index (χ3n) is 34.6. The van der Waals surface area contributed by atoms with Crippen molar-refractivity contribution in [2.24, 2.45) is 145 Å². The lowest BCUT2D eigenvalue weighted by molar-refractivity contribution is -0.231. The van der Waals surface area contributed by atoms with Crippen molar-refractivity contribution in [1.29, 1.82) is 0 Å². The van der Waals surface area contributed by atoms with E-state index in [0.29, 0.717) is 53.3 Å². The van der Waals surface area contributed by atoms with Crippen molar-refractivity contribution in [3.63, 3.8) is 0 Å². The lowest BCUT2D eigenvalue weighted by Gasteiger charge is -2.62. The minimum Gasteiger partial charge on any atom is -0.459 e. The van der Waals surface area contributed by atoms with Crippen LogP contribution in [0.25, 0.3) is 0 Å². The molecular weight excluding hydrogens is 1500 g/mol. The van der Waals surface area contributed by atoms with E-state index in [1.165, 1.54) is 128 Å². The maximum absolute atomic E-state index is 12.9. The molecular formula is C109H210O12. The summed E-state index contributed by atoms with van der Waals surface area (Å²) < 4.78 is 36.5. The molecule has 13 aliphatic rings. The van der Waals surface area contributed by atoms with Crippen LogP contribution in [0.15, 0.2) is 0 Å². The predicted octanol–water partition coefficient (Wildman–Crippen LogP) is 32.0. The van der Waals surface area contributed by atoms with E-state index >= 15 is 0 Å². The van der Waals surface area contributed by atoms with Crippen LogP contribution in [0.4, 0.5) is 0 Å². The topological polar surface area (TPSA) is 158 Å². The van der Waals surface area contributed by atoms with Crippen LogP contribution in [0.3, 0.4) is 0 Å². The van der Waals surface area contributed by atoms with Crippen molar-refractivity contribution >= 4 is 35.8 Å². The number of hydrogen-bond acceptors (Lipinski definition) is 12. The molecule has 0 aliphatic heterocycles. The maximum Gasteiger partial charge on any atom is 0.312 e. The predicted molar refractivity (Wildman–Crippen MR) is 516 cm³/mol. The van der Waals surface area contributed by atoms with Crippen LogP contribution < -0.4 is 0 Å². The molecule has 718 valence electrons. The van der Waals surface area contributed by atoms with E-state index in [4.69, 9.17) is 28.4 Å². The number of hydrogen-bond donors (Lipinski definition) is 0. The summed E-state index contributed by atoms with van der Waals surface area (Å²) in [5, 5.41) is 0. The number of fused-ring (bicyclic) bond motifs is 12. The quantitative estimate of drug-likeness (QED) is 0.0512. The van der Waals surface area contributed by atoms with Crippen LogP contribution in [0, 0.1) is 145 Å². The SMILES string of the molecule is C.C.C.C.C.C.C.C.CCC(C)(C)C(=O)OC1(C(C)C)C2CC3CC(C2)CC1C3.CCC(C)(C)C(=O)OC1(C(C)C)CC2CC1C1C3CCC(C3)C21.CCC(C)(C)C(=O)OC1(C(C)C)CC2CCC1C2.CCC(C)(C)C(=O)OC1(C(C)C)CCC2CCCCC2C1.CCC(C)(C)C(=O)OC1(C(C)C)CCCCC1.CCC(C)(C)OC(=O)C(C)(C)CC. The van der Waals surface area contributed by atoms with Crippen LogP contribution in [-0.4, -0.2) is 69.4 Å².